The molecule has 1 aromatic rings. The van der Waals surface area contributed by atoms with E-state index in [1.54, 1.807) is 11.8 Å². The molecule has 0 N–H and O–H groups in total. The smallest absolute Gasteiger partial charge is 0.183 e. The maximum absolute atomic E-state index is 13.0. The van der Waals surface area contributed by atoms with Gasteiger partial charge in [-0.05, 0) is 49.7 Å². The number of nitrogens with zero attached hydrogens (tertiary/aromatic N) is 2. The van der Waals surface area contributed by atoms with E-state index in [0.29, 0.717) is 5.92 Å². The lowest BCUT2D eigenvalue weighted by Gasteiger charge is -2.20. The van der Waals surface area contributed by atoms with Crippen molar-refractivity contribution >= 4 is 36.8 Å². The zero-order valence-electron chi connectivity index (χ0n) is 16.0. The molecule has 2 rings (SSSR count). The van der Waals surface area contributed by atoms with Crippen LogP contribution in [0.5, 0.6) is 0 Å². The molecule has 0 aromatic heterocycles. The van der Waals surface area contributed by atoms with Crippen LogP contribution in [0.1, 0.15) is 56.4 Å². The van der Waals surface area contributed by atoms with Gasteiger partial charge in [-0.15, -0.1) is 11.8 Å². The molecule has 1 fully saturated rings. The highest BCUT2D eigenvalue weighted by Crippen LogP contribution is 2.35. The highest BCUT2D eigenvalue weighted by molar-refractivity contribution is 7.98. The Labute approximate surface area is 166 Å². The van der Waals surface area contributed by atoms with Crippen molar-refractivity contribution in [3.05, 3.63) is 41.7 Å². The van der Waals surface area contributed by atoms with E-state index < -0.39 is 0 Å². The molecular formula is C22H28N2O2S. The first kappa shape index (κ1) is 21.3. The van der Waals surface area contributed by atoms with Crippen molar-refractivity contribution in [2.45, 2.75) is 55.8 Å². The lowest BCUT2D eigenvalue weighted by Crippen LogP contribution is -2.17. The molecule has 0 amide bonds. The second-order valence-electron chi connectivity index (χ2n) is 6.96. The van der Waals surface area contributed by atoms with Gasteiger partial charge in [-0.2, -0.15) is 0 Å². The number of benzene rings is 1. The molecule has 0 heterocycles. The van der Waals surface area contributed by atoms with Crippen LogP contribution in [0.4, 0.5) is 0 Å². The molecule has 1 aliphatic rings. The maximum atomic E-state index is 13.0. The molecule has 144 valence electrons. The topological polar surface area (TPSA) is 58.9 Å². The number of carbonyl (C=O) groups excluding carboxylic acids is 2. The molecule has 4 nitrogen and oxygen atoms in total. The van der Waals surface area contributed by atoms with Crippen LogP contribution in [0.3, 0.4) is 0 Å². The molecule has 0 bridgehead atoms. The monoisotopic (exact) mass is 384 g/mol. The van der Waals surface area contributed by atoms with Crippen LogP contribution in [0, 0.1) is 5.92 Å². The quantitative estimate of drug-likeness (QED) is 0.298. The lowest BCUT2D eigenvalue weighted by atomic mass is 9.83. The summed E-state index contributed by atoms with van der Waals surface area (Å²) in [6, 6.07) is 8.25. The normalized spacial score (nSPS) is 16.1. The largest absolute Gasteiger partial charge is 0.299 e. The van der Waals surface area contributed by atoms with Crippen molar-refractivity contribution < 1.29 is 9.59 Å². The summed E-state index contributed by atoms with van der Waals surface area (Å²) in [4.78, 5) is 33.6. The summed E-state index contributed by atoms with van der Waals surface area (Å²) < 4.78 is 0. The standard InChI is InChI=1S/C22H28N2O2S/c1-23-15-20(24-2)22(26)13-12-21(25)19(14-16-6-4-5-7-16)17-8-10-18(27-3)11-9-17/h8-11,15-16,19H,1-2,4-7,12-14H2,3H3/b20-15-. The fraction of sp³-hybridized carbons (Fsp3) is 0.455. The summed E-state index contributed by atoms with van der Waals surface area (Å²) in [6.45, 7) is 6.71. The van der Waals surface area contributed by atoms with E-state index in [1.807, 2.05) is 6.26 Å². The van der Waals surface area contributed by atoms with Crippen LogP contribution in [0.15, 0.2) is 51.0 Å². The predicted molar refractivity (Wildman–Crippen MR) is 114 cm³/mol. The van der Waals surface area contributed by atoms with Gasteiger partial charge in [0.2, 0.25) is 0 Å². The van der Waals surface area contributed by atoms with E-state index in [-0.39, 0.29) is 36.0 Å². The Kier molecular flexibility index (Phi) is 8.65. The molecule has 1 unspecified atom stereocenters. The van der Waals surface area contributed by atoms with E-state index >= 15 is 0 Å². The number of thioether (sulfide) groups is 1. The summed E-state index contributed by atoms with van der Waals surface area (Å²) in [5.41, 5.74) is 1.22. The molecule has 1 aliphatic carbocycles. The molecule has 27 heavy (non-hydrogen) atoms. The molecule has 0 spiro atoms. The fourth-order valence-corrected chi connectivity index (χ4v) is 4.10. The first-order chi connectivity index (χ1) is 13.1. The highest BCUT2D eigenvalue weighted by atomic mass is 32.2. The zero-order valence-corrected chi connectivity index (χ0v) is 16.8. The number of hydrogen-bond donors (Lipinski definition) is 0. The van der Waals surface area contributed by atoms with Crippen LogP contribution in [0.25, 0.3) is 0 Å². The molecule has 0 radical (unpaired) electrons. The zero-order chi connectivity index (χ0) is 19.6. The third-order valence-corrected chi connectivity index (χ3v) is 5.96. The van der Waals surface area contributed by atoms with Gasteiger partial charge in [-0.1, -0.05) is 37.8 Å². The summed E-state index contributed by atoms with van der Waals surface area (Å²) in [5.74, 6) is 0.369. The van der Waals surface area contributed by atoms with E-state index in [1.165, 1.54) is 36.8 Å². The van der Waals surface area contributed by atoms with Gasteiger partial charge in [0.15, 0.2) is 5.78 Å². The van der Waals surface area contributed by atoms with Crippen molar-refractivity contribution in [3.63, 3.8) is 0 Å². The van der Waals surface area contributed by atoms with Crippen molar-refractivity contribution in [2.75, 3.05) is 6.26 Å². The molecule has 0 saturated heterocycles. The molecular weight excluding hydrogens is 356 g/mol. The molecule has 1 saturated carbocycles. The van der Waals surface area contributed by atoms with Gasteiger partial charge >= 0.3 is 0 Å². The van der Waals surface area contributed by atoms with Crippen LogP contribution >= 0.6 is 11.8 Å². The Morgan fingerprint density at radius 3 is 2.41 bits per heavy atom. The average molecular weight is 385 g/mol. The number of rotatable bonds is 11. The lowest BCUT2D eigenvalue weighted by molar-refractivity contribution is -0.124. The van der Waals surface area contributed by atoms with Crippen molar-refractivity contribution in [3.8, 4) is 0 Å². The second kappa shape index (κ2) is 11.0. The van der Waals surface area contributed by atoms with E-state index in [2.05, 4.69) is 47.7 Å². The van der Waals surface area contributed by atoms with E-state index in [4.69, 9.17) is 0 Å². The molecule has 5 heteroatoms. The molecule has 1 atom stereocenters. The van der Waals surface area contributed by atoms with Gasteiger partial charge < -0.3 is 0 Å². The number of ketones is 2. The summed E-state index contributed by atoms with van der Waals surface area (Å²) in [6.07, 6.45) is 9.45. The minimum atomic E-state index is -0.219. The predicted octanol–water partition coefficient (Wildman–Crippen LogP) is 5.23. The van der Waals surface area contributed by atoms with Gasteiger partial charge in [0.05, 0.1) is 6.20 Å². The number of aliphatic imine (C=N–C) groups is 2. The van der Waals surface area contributed by atoms with Gasteiger partial charge in [-0.25, -0.2) is 0 Å². The maximum Gasteiger partial charge on any atom is 0.183 e. The van der Waals surface area contributed by atoms with Gasteiger partial charge in [0, 0.05) is 23.7 Å². The minimum Gasteiger partial charge on any atom is -0.299 e. The number of hydrogen-bond acceptors (Lipinski definition) is 5. The third-order valence-electron chi connectivity index (χ3n) is 5.22. The Balaban J connectivity index is 2.09. The number of carbonyl (C=O) groups is 2. The summed E-state index contributed by atoms with van der Waals surface area (Å²) in [5, 5.41) is 0. The van der Waals surface area contributed by atoms with Crippen LogP contribution < -0.4 is 0 Å². The van der Waals surface area contributed by atoms with Gasteiger partial charge in [0.1, 0.15) is 11.5 Å². The molecule has 1 aromatic carbocycles. The second-order valence-corrected chi connectivity index (χ2v) is 7.84. The summed E-state index contributed by atoms with van der Waals surface area (Å²) in [7, 11) is 0. The fourth-order valence-electron chi connectivity index (χ4n) is 3.70. The third kappa shape index (κ3) is 6.28. The van der Waals surface area contributed by atoms with Crippen LogP contribution in [0.2, 0.25) is 0 Å². The first-order valence-electron chi connectivity index (χ1n) is 9.41. The minimum absolute atomic E-state index is 0.127. The Bertz CT molecular complexity index is 704. The SMILES string of the molecule is C=N/C=C(\N=C)C(=O)CCC(=O)C(CC1CCCC1)c1ccc(SC)cc1. The van der Waals surface area contributed by atoms with E-state index in [9.17, 15) is 9.59 Å². The van der Waals surface area contributed by atoms with Crippen LogP contribution in [-0.2, 0) is 9.59 Å². The number of Topliss-reactive ketones (excluding diaryl/α,β-unsaturated/α-hetero) is 2. The first-order valence-corrected chi connectivity index (χ1v) is 10.6. The van der Waals surface area contributed by atoms with E-state index in [0.717, 1.165) is 12.0 Å². The highest BCUT2D eigenvalue weighted by Gasteiger charge is 2.27. The van der Waals surface area contributed by atoms with Crippen molar-refractivity contribution in [1.29, 1.82) is 0 Å². The Morgan fingerprint density at radius 2 is 1.85 bits per heavy atom. The number of allylic oxidation sites excluding steroid dienone is 1. The van der Waals surface area contributed by atoms with Crippen LogP contribution in [-0.4, -0.2) is 31.3 Å². The van der Waals surface area contributed by atoms with Crippen molar-refractivity contribution in [2.24, 2.45) is 15.9 Å². The average Bonchev–Trinajstić information content (AvgIpc) is 3.21. The summed E-state index contributed by atoms with van der Waals surface area (Å²) >= 11 is 1.69. The van der Waals surface area contributed by atoms with Crippen molar-refractivity contribution in [1.82, 2.24) is 0 Å². The Hall–Kier alpha value is -2.01. The Morgan fingerprint density at radius 1 is 1.19 bits per heavy atom. The van der Waals surface area contributed by atoms with Gasteiger partial charge in [0.25, 0.3) is 0 Å². The van der Waals surface area contributed by atoms with Gasteiger partial charge in [-0.3, -0.25) is 19.6 Å². The molecule has 0 aliphatic heterocycles.